The molecule has 5 nitrogen and oxygen atoms in total. The van der Waals surface area contributed by atoms with Gasteiger partial charge in [-0.15, -0.1) is 0 Å². The maximum absolute atomic E-state index is 12.8. The molecule has 5 heteroatoms. The lowest BCUT2D eigenvalue weighted by Crippen LogP contribution is -2.36. The molecule has 0 aliphatic heterocycles. The molecule has 2 rings (SSSR count). The van der Waals surface area contributed by atoms with Crippen LogP contribution in [0.25, 0.3) is 0 Å². The molecule has 0 aliphatic rings. The summed E-state index contributed by atoms with van der Waals surface area (Å²) in [4.78, 5) is 26.1. The zero-order chi connectivity index (χ0) is 19.1. The number of methoxy groups -OCH3 is 1. The van der Waals surface area contributed by atoms with Crippen molar-refractivity contribution in [3.05, 3.63) is 59.7 Å². The van der Waals surface area contributed by atoms with Crippen molar-refractivity contribution >= 4 is 17.5 Å². The lowest BCUT2D eigenvalue weighted by molar-refractivity contribution is -0.115. The van der Waals surface area contributed by atoms with E-state index >= 15 is 0 Å². The Morgan fingerprint density at radius 3 is 2.58 bits per heavy atom. The van der Waals surface area contributed by atoms with E-state index in [9.17, 15) is 9.59 Å². The van der Waals surface area contributed by atoms with Crippen LogP contribution in [0.15, 0.2) is 48.5 Å². The number of carbonyl (C=O) groups excluding carboxylic acids is 2. The summed E-state index contributed by atoms with van der Waals surface area (Å²) in [5.41, 5.74) is 2.24. The second kappa shape index (κ2) is 9.04. The monoisotopic (exact) mass is 354 g/mol. The highest BCUT2D eigenvalue weighted by atomic mass is 16.5. The van der Waals surface area contributed by atoms with Crippen LogP contribution in [-0.4, -0.2) is 36.9 Å². The van der Waals surface area contributed by atoms with Gasteiger partial charge in [-0.1, -0.05) is 31.2 Å². The van der Waals surface area contributed by atoms with Crippen LogP contribution in [0.1, 0.15) is 36.2 Å². The van der Waals surface area contributed by atoms with Crippen molar-refractivity contribution in [3.63, 3.8) is 0 Å². The fourth-order valence-electron chi connectivity index (χ4n) is 2.71. The lowest BCUT2D eigenvalue weighted by Gasteiger charge is -2.26. The number of anilines is 1. The van der Waals surface area contributed by atoms with Crippen molar-refractivity contribution in [2.24, 2.45) is 0 Å². The molecule has 138 valence electrons. The van der Waals surface area contributed by atoms with Gasteiger partial charge in [0, 0.05) is 30.8 Å². The minimum Gasteiger partial charge on any atom is -0.496 e. The first kappa shape index (κ1) is 19.5. The molecule has 0 radical (unpaired) electrons. The molecule has 0 bridgehead atoms. The van der Waals surface area contributed by atoms with Gasteiger partial charge in [-0.2, -0.15) is 0 Å². The average Bonchev–Trinajstić information content (AvgIpc) is 2.67. The van der Waals surface area contributed by atoms with Crippen molar-refractivity contribution in [2.45, 2.75) is 32.7 Å². The predicted molar refractivity (Wildman–Crippen MR) is 104 cm³/mol. The van der Waals surface area contributed by atoms with Crippen LogP contribution in [0.5, 0.6) is 5.75 Å². The van der Waals surface area contributed by atoms with Gasteiger partial charge in [-0.3, -0.25) is 9.59 Å². The SMILES string of the molecule is CCC(=O)Nc1cccc(C(=O)N(C)[C@@H](C)Cc2ccccc2OC)c1. The molecule has 2 amide bonds. The first-order valence-electron chi connectivity index (χ1n) is 8.75. The highest BCUT2D eigenvalue weighted by molar-refractivity contribution is 5.97. The summed E-state index contributed by atoms with van der Waals surface area (Å²) < 4.78 is 5.39. The summed E-state index contributed by atoms with van der Waals surface area (Å²) >= 11 is 0. The van der Waals surface area contributed by atoms with E-state index in [4.69, 9.17) is 4.74 Å². The molecular formula is C21H26N2O3. The third-order valence-corrected chi connectivity index (χ3v) is 4.40. The first-order chi connectivity index (χ1) is 12.5. The smallest absolute Gasteiger partial charge is 0.253 e. The fourth-order valence-corrected chi connectivity index (χ4v) is 2.71. The molecule has 0 unspecified atom stereocenters. The van der Waals surface area contributed by atoms with Gasteiger partial charge < -0.3 is 15.0 Å². The zero-order valence-electron chi connectivity index (χ0n) is 15.8. The van der Waals surface area contributed by atoms with Gasteiger partial charge in [0.1, 0.15) is 5.75 Å². The molecule has 0 saturated heterocycles. The molecule has 0 spiro atoms. The first-order valence-corrected chi connectivity index (χ1v) is 8.75. The van der Waals surface area contributed by atoms with Crippen LogP contribution in [0, 0.1) is 0 Å². The Kier molecular flexibility index (Phi) is 6.78. The Morgan fingerprint density at radius 2 is 1.88 bits per heavy atom. The van der Waals surface area contributed by atoms with Crippen LogP contribution in [0.4, 0.5) is 5.69 Å². The van der Waals surface area contributed by atoms with Gasteiger partial charge in [0.05, 0.1) is 7.11 Å². The quantitative estimate of drug-likeness (QED) is 0.824. The van der Waals surface area contributed by atoms with Crippen molar-refractivity contribution in [1.29, 1.82) is 0 Å². The van der Waals surface area contributed by atoms with Gasteiger partial charge >= 0.3 is 0 Å². The third kappa shape index (κ3) is 4.85. The second-order valence-corrected chi connectivity index (χ2v) is 6.26. The van der Waals surface area contributed by atoms with E-state index in [0.717, 1.165) is 11.3 Å². The number of likely N-dealkylation sites (N-methyl/N-ethyl adjacent to an activating group) is 1. The molecule has 1 N–H and O–H groups in total. The lowest BCUT2D eigenvalue weighted by atomic mass is 10.0. The van der Waals surface area contributed by atoms with Crippen molar-refractivity contribution in [2.75, 3.05) is 19.5 Å². The van der Waals surface area contributed by atoms with Crippen LogP contribution < -0.4 is 10.1 Å². The van der Waals surface area contributed by atoms with E-state index in [1.165, 1.54) is 0 Å². The van der Waals surface area contributed by atoms with E-state index in [2.05, 4.69) is 5.32 Å². The maximum Gasteiger partial charge on any atom is 0.253 e. The van der Waals surface area contributed by atoms with Gasteiger partial charge in [-0.25, -0.2) is 0 Å². The van der Waals surface area contributed by atoms with Gasteiger partial charge in [0.2, 0.25) is 5.91 Å². The number of nitrogens with zero attached hydrogens (tertiary/aromatic N) is 1. The maximum atomic E-state index is 12.8. The van der Waals surface area contributed by atoms with E-state index in [0.29, 0.717) is 24.1 Å². The average molecular weight is 354 g/mol. The summed E-state index contributed by atoms with van der Waals surface area (Å²) in [7, 11) is 3.44. The van der Waals surface area contributed by atoms with Crippen molar-refractivity contribution < 1.29 is 14.3 Å². The number of ether oxygens (including phenoxy) is 1. The number of hydrogen-bond acceptors (Lipinski definition) is 3. The molecule has 26 heavy (non-hydrogen) atoms. The summed E-state index contributed by atoms with van der Waals surface area (Å²) in [6, 6.07) is 14.8. The summed E-state index contributed by atoms with van der Waals surface area (Å²) in [6.07, 6.45) is 1.09. The Morgan fingerprint density at radius 1 is 1.15 bits per heavy atom. The van der Waals surface area contributed by atoms with Crippen LogP contribution in [0.3, 0.4) is 0 Å². The molecule has 0 fully saturated rings. The second-order valence-electron chi connectivity index (χ2n) is 6.26. The van der Waals surface area contributed by atoms with Crippen molar-refractivity contribution in [1.82, 2.24) is 4.90 Å². The molecular weight excluding hydrogens is 328 g/mol. The molecule has 0 heterocycles. The van der Waals surface area contributed by atoms with Crippen LogP contribution in [-0.2, 0) is 11.2 Å². The van der Waals surface area contributed by atoms with E-state index in [-0.39, 0.29) is 17.9 Å². The fraction of sp³-hybridized carbons (Fsp3) is 0.333. The minimum absolute atomic E-state index is 0.00677. The Hall–Kier alpha value is -2.82. The molecule has 1 atom stereocenters. The Balaban J connectivity index is 2.11. The summed E-state index contributed by atoms with van der Waals surface area (Å²) in [6.45, 7) is 3.80. The highest BCUT2D eigenvalue weighted by Gasteiger charge is 2.19. The van der Waals surface area contributed by atoms with Crippen LogP contribution in [0.2, 0.25) is 0 Å². The van der Waals surface area contributed by atoms with Gasteiger partial charge in [-0.05, 0) is 43.2 Å². The summed E-state index contributed by atoms with van der Waals surface area (Å²) in [5, 5.41) is 2.78. The number of benzene rings is 2. The number of nitrogens with one attached hydrogen (secondary N) is 1. The number of hydrogen-bond donors (Lipinski definition) is 1. The number of rotatable bonds is 7. The number of para-hydroxylation sites is 1. The minimum atomic E-state index is -0.0833. The summed E-state index contributed by atoms with van der Waals surface area (Å²) in [5.74, 6) is 0.664. The molecule has 2 aromatic carbocycles. The topological polar surface area (TPSA) is 58.6 Å². The van der Waals surface area contributed by atoms with Gasteiger partial charge in [0.25, 0.3) is 5.91 Å². The van der Waals surface area contributed by atoms with E-state index < -0.39 is 0 Å². The Labute approximate surface area is 155 Å². The van der Waals surface area contributed by atoms with Crippen molar-refractivity contribution in [3.8, 4) is 5.75 Å². The molecule has 2 aromatic rings. The predicted octanol–water partition coefficient (Wildman–Crippen LogP) is 3.75. The largest absolute Gasteiger partial charge is 0.496 e. The third-order valence-electron chi connectivity index (χ3n) is 4.40. The van der Waals surface area contributed by atoms with Crippen LogP contribution >= 0.6 is 0 Å². The van der Waals surface area contributed by atoms with E-state index in [1.54, 1.807) is 50.2 Å². The molecule has 0 aliphatic carbocycles. The normalized spacial score (nSPS) is 11.5. The van der Waals surface area contributed by atoms with E-state index in [1.807, 2.05) is 31.2 Å². The number of amides is 2. The van der Waals surface area contributed by atoms with Gasteiger partial charge in [0.15, 0.2) is 0 Å². The molecule has 0 saturated carbocycles. The standard InChI is InChI=1S/C21H26N2O3/c1-5-20(24)22-18-11-8-10-17(14-18)21(25)23(3)15(2)13-16-9-6-7-12-19(16)26-4/h6-12,14-15H,5,13H2,1-4H3,(H,22,24)/t15-/m0/s1. The highest BCUT2D eigenvalue weighted by Crippen LogP contribution is 2.21. The zero-order valence-corrected chi connectivity index (χ0v) is 15.8. The Bertz CT molecular complexity index is 773. The number of carbonyl (C=O) groups is 2. The molecule has 0 aromatic heterocycles.